The van der Waals surface area contributed by atoms with Gasteiger partial charge in [-0.2, -0.15) is 0 Å². The molecule has 0 fully saturated rings. The molecule has 0 saturated heterocycles. The van der Waals surface area contributed by atoms with Gasteiger partial charge < -0.3 is 14.8 Å². The second kappa shape index (κ2) is 6.56. The van der Waals surface area contributed by atoms with Gasteiger partial charge in [0.2, 0.25) is 5.88 Å². The van der Waals surface area contributed by atoms with Crippen molar-refractivity contribution in [1.29, 1.82) is 0 Å². The fraction of sp³-hybridized carbons (Fsp3) is 0.214. The van der Waals surface area contributed by atoms with E-state index in [0.29, 0.717) is 23.9 Å². The van der Waals surface area contributed by atoms with Gasteiger partial charge in [0.15, 0.2) is 0 Å². The molecule has 2 aromatic rings. The molecule has 7 nitrogen and oxygen atoms in total. The second-order valence-corrected chi connectivity index (χ2v) is 4.20. The van der Waals surface area contributed by atoms with Crippen LogP contribution in [0.25, 0.3) is 0 Å². The minimum absolute atomic E-state index is 0.0321. The highest BCUT2D eigenvalue weighted by atomic mass is 16.6. The molecule has 0 aliphatic rings. The standard InChI is InChI=1S/C14H15N3O4/c1-20-11-3-4-12(13(8-11)17(18)19)16-9-10-5-6-15-14(7-10)21-2/h3-8,16H,9H2,1-2H3. The Morgan fingerprint density at radius 1 is 1.24 bits per heavy atom. The lowest BCUT2D eigenvalue weighted by Gasteiger charge is -2.09. The van der Waals surface area contributed by atoms with Crippen molar-refractivity contribution >= 4 is 11.4 Å². The summed E-state index contributed by atoms with van der Waals surface area (Å²) in [6.45, 7) is 0.423. The Hall–Kier alpha value is -2.83. The van der Waals surface area contributed by atoms with E-state index in [0.717, 1.165) is 5.56 Å². The molecule has 0 bridgehead atoms. The number of hydrogen-bond acceptors (Lipinski definition) is 6. The number of benzene rings is 1. The maximum atomic E-state index is 11.1. The number of nitrogens with zero attached hydrogens (tertiary/aromatic N) is 2. The van der Waals surface area contributed by atoms with Crippen LogP contribution in [0.1, 0.15) is 5.56 Å². The summed E-state index contributed by atoms with van der Waals surface area (Å²) in [6, 6.07) is 8.25. The Morgan fingerprint density at radius 2 is 2.05 bits per heavy atom. The molecule has 1 heterocycles. The summed E-state index contributed by atoms with van der Waals surface area (Å²) in [5.41, 5.74) is 1.30. The normalized spacial score (nSPS) is 10.0. The van der Waals surface area contributed by atoms with Crippen molar-refractivity contribution in [2.75, 3.05) is 19.5 Å². The third-order valence-corrected chi connectivity index (χ3v) is 2.89. The smallest absolute Gasteiger partial charge is 0.296 e. The van der Waals surface area contributed by atoms with E-state index in [2.05, 4.69) is 10.3 Å². The zero-order chi connectivity index (χ0) is 15.2. The molecule has 0 saturated carbocycles. The highest BCUT2D eigenvalue weighted by Gasteiger charge is 2.14. The third-order valence-electron chi connectivity index (χ3n) is 2.89. The summed E-state index contributed by atoms with van der Waals surface area (Å²) in [4.78, 5) is 14.6. The SMILES string of the molecule is COc1ccc(NCc2ccnc(OC)c2)c([N+](=O)[O-])c1. The third kappa shape index (κ3) is 3.59. The monoisotopic (exact) mass is 289 g/mol. The minimum atomic E-state index is -0.446. The quantitative estimate of drug-likeness (QED) is 0.649. The van der Waals surface area contributed by atoms with Crippen LogP contribution in [0.4, 0.5) is 11.4 Å². The van der Waals surface area contributed by atoms with E-state index < -0.39 is 4.92 Å². The number of pyridine rings is 1. The number of anilines is 1. The first-order chi connectivity index (χ1) is 10.1. The molecule has 1 N–H and O–H groups in total. The number of ether oxygens (including phenoxy) is 2. The predicted octanol–water partition coefficient (Wildman–Crippen LogP) is 2.62. The van der Waals surface area contributed by atoms with Crippen LogP contribution in [0.15, 0.2) is 36.5 Å². The van der Waals surface area contributed by atoms with Crippen molar-refractivity contribution < 1.29 is 14.4 Å². The first kappa shape index (κ1) is 14.6. The van der Waals surface area contributed by atoms with Crippen molar-refractivity contribution in [3.8, 4) is 11.6 Å². The Balaban J connectivity index is 2.17. The molecule has 2 rings (SSSR count). The summed E-state index contributed by atoms with van der Waals surface area (Å²) in [7, 11) is 3.00. The van der Waals surface area contributed by atoms with Gasteiger partial charge in [-0.3, -0.25) is 10.1 Å². The molecular weight excluding hydrogens is 274 g/mol. The molecule has 0 spiro atoms. The summed E-state index contributed by atoms with van der Waals surface area (Å²) < 4.78 is 10.0. The highest BCUT2D eigenvalue weighted by Crippen LogP contribution is 2.29. The Bertz CT molecular complexity index is 646. The molecule has 0 aliphatic heterocycles. The van der Waals surface area contributed by atoms with Crippen molar-refractivity contribution in [1.82, 2.24) is 4.98 Å². The van der Waals surface area contributed by atoms with Gasteiger partial charge in [0.1, 0.15) is 11.4 Å². The lowest BCUT2D eigenvalue weighted by molar-refractivity contribution is -0.384. The van der Waals surface area contributed by atoms with E-state index in [9.17, 15) is 10.1 Å². The van der Waals surface area contributed by atoms with Crippen LogP contribution in [0.3, 0.4) is 0 Å². The molecular formula is C14H15N3O4. The molecule has 110 valence electrons. The number of aromatic nitrogens is 1. The van der Waals surface area contributed by atoms with Crippen molar-refractivity contribution in [2.45, 2.75) is 6.54 Å². The predicted molar refractivity (Wildman–Crippen MR) is 77.8 cm³/mol. The molecule has 1 aromatic heterocycles. The van der Waals surface area contributed by atoms with Crippen LogP contribution in [0.5, 0.6) is 11.6 Å². The summed E-state index contributed by atoms with van der Waals surface area (Å²) >= 11 is 0. The van der Waals surface area contributed by atoms with Crippen LogP contribution in [-0.4, -0.2) is 24.1 Å². The van der Waals surface area contributed by atoms with Crippen LogP contribution < -0.4 is 14.8 Å². The maximum Gasteiger partial charge on any atom is 0.296 e. The average molecular weight is 289 g/mol. The largest absolute Gasteiger partial charge is 0.496 e. The first-order valence-corrected chi connectivity index (χ1v) is 6.19. The fourth-order valence-electron chi connectivity index (χ4n) is 1.81. The molecule has 0 aliphatic carbocycles. The number of nitro groups is 1. The number of nitro benzene ring substituents is 1. The molecule has 0 unspecified atom stereocenters. The van der Waals surface area contributed by atoms with E-state index in [4.69, 9.17) is 9.47 Å². The Morgan fingerprint density at radius 3 is 2.71 bits per heavy atom. The fourth-order valence-corrected chi connectivity index (χ4v) is 1.81. The van der Waals surface area contributed by atoms with E-state index in [1.807, 2.05) is 6.07 Å². The van der Waals surface area contributed by atoms with E-state index in [1.165, 1.54) is 20.3 Å². The van der Waals surface area contributed by atoms with E-state index >= 15 is 0 Å². The second-order valence-electron chi connectivity index (χ2n) is 4.20. The zero-order valence-electron chi connectivity index (χ0n) is 11.7. The van der Waals surface area contributed by atoms with Crippen LogP contribution in [0, 0.1) is 10.1 Å². The van der Waals surface area contributed by atoms with Crippen LogP contribution >= 0.6 is 0 Å². The summed E-state index contributed by atoms with van der Waals surface area (Å²) in [5.74, 6) is 0.941. The number of hydrogen-bond donors (Lipinski definition) is 1. The van der Waals surface area contributed by atoms with Gasteiger partial charge in [-0.25, -0.2) is 4.98 Å². The van der Waals surface area contributed by atoms with Gasteiger partial charge in [-0.05, 0) is 23.8 Å². The molecule has 21 heavy (non-hydrogen) atoms. The topological polar surface area (TPSA) is 86.5 Å². The molecule has 0 atom stereocenters. The molecule has 1 aromatic carbocycles. The van der Waals surface area contributed by atoms with Gasteiger partial charge in [0.05, 0.1) is 25.2 Å². The minimum Gasteiger partial charge on any atom is -0.496 e. The number of methoxy groups -OCH3 is 2. The molecule has 7 heteroatoms. The summed E-state index contributed by atoms with van der Waals surface area (Å²) in [5, 5.41) is 14.1. The van der Waals surface area contributed by atoms with Crippen molar-refractivity contribution in [2.24, 2.45) is 0 Å². The molecule has 0 radical (unpaired) electrons. The Kier molecular flexibility index (Phi) is 4.55. The van der Waals surface area contributed by atoms with Crippen molar-refractivity contribution in [3.63, 3.8) is 0 Å². The van der Waals surface area contributed by atoms with E-state index in [-0.39, 0.29) is 5.69 Å². The van der Waals surface area contributed by atoms with Gasteiger partial charge in [-0.1, -0.05) is 0 Å². The number of nitrogens with one attached hydrogen (secondary N) is 1. The van der Waals surface area contributed by atoms with Crippen LogP contribution in [0.2, 0.25) is 0 Å². The van der Waals surface area contributed by atoms with Gasteiger partial charge in [0, 0.05) is 18.8 Å². The maximum absolute atomic E-state index is 11.1. The average Bonchev–Trinajstić information content (AvgIpc) is 2.52. The molecule has 0 amide bonds. The van der Waals surface area contributed by atoms with Crippen molar-refractivity contribution in [3.05, 3.63) is 52.2 Å². The lowest BCUT2D eigenvalue weighted by atomic mass is 10.2. The first-order valence-electron chi connectivity index (χ1n) is 6.19. The Labute approximate surface area is 121 Å². The lowest BCUT2D eigenvalue weighted by Crippen LogP contribution is -2.03. The van der Waals surface area contributed by atoms with Gasteiger partial charge in [0.25, 0.3) is 5.69 Å². The van der Waals surface area contributed by atoms with E-state index in [1.54, 1.807) is 24.4 Å². The van der Waals surface area contributed by atoms with Crippen LogP contribution in [-0.2, 0) is 6.54 Å². The van der Waals surface area contributed by atoms with Gasteiger partial charge in [-0.15, -0.1) is 0 Å². The summed E-state index contributed by atoms with van der Waals surface area (Å²) in [6.07, 6.45) is 1.62. The highest BCUT2D eigenvalue weighted by molar-refractivity contribution is 5.64. The number of rotatable bonds is 6. The zero-order valence-corrected chi connectivity index (χ0v) is 11.7. The van der Waals surface area contributed by atoms with Gasteiger partial charge >= 0.3 is 0 Å².